The van der Waals surface area contributed by atoms with E-state index >= 15 is 0 Å². The second-order valence-electron chi connectivity index (χ2n) is 5.78. The van der Waals surface area contributed by atoms with Gasteiger partial charge < -0.3 is 10.5 Å². The minimum absolute atomic E-state index is 0.0118. The van der Waals surface area contributed by atoms with E-state index in [2.05, 4.69) is 16.6 Å². The Bertz CT molecular complexity index is 461. The number of nitrogens with zero attached hydrogens (tertiary/aromatic N) is 1. The van der Waals surface area contributed by atoms with Gasteiger partial charge in [0.15, 0.2) is 0 Å². The van der Waals surface area contributed by atoms with Crippen molar-refractivity contribution >= 4 is 0 Å². The van der Waals surface area contributed by atoms with Crippen molar-refractivity contribution in [3.05, 3.63) is 29.8 Å². The summed E-state index contributed by atoms with van der Waals surface area (Å²) in [5.41, 5.74) is 6.73. The van der Waals surface area contributed by atoms with Crippen LogP contribution in [0.5, 0.6) is 5.75 Å². The number of alkyl halides is 3. The lowest BCUT2D eigenvalue weighted by atomic mass is 10.1. The molecule has 1 aliphatic rings. The van der Waals surface area contributed by atoms with Crippen molar-refractivity contribution in [1.29, 1.82) is 0 Å². The molecule has 0 saturated heterocycles. The first-order valence-corrected chi connectivity index (χ1v) is 7.06. The monoisotopic (exact) mass is 302 g/mol. The summed E-state index contributed by atoms with van der Waals surface area (Å²) in [6.07, 6.45) is -3.42. The highest BCUT2D eigenvalue weighted by Gasteiger charge is 2.34. The largest absolute Gasteiger partial charge is 0.573 e. The number of halogens is 3. The average Bonchev–Trinajstić information content (AvgIpc) is 3.06. The third-order valence-electron chi connectivity index (χ3n) is 4.05. The lowest BCUT2D eigenvalue weighted by Crippen LogP contribution is -2.32. The maximum atomic E-state index is 12.1. The lowest BCUT2D eigenvalue weighted by molar-refractivity contribution is -0.274. The van der Waals surface area contributed by atoms with Gasteiger partial charge in [-0.05, 0) is 43.0 Å². The SMILES string of the molecule is CC1CC1CN(C)C(CN)c1ccc(OC(F)(F)F)cc1. The quantitative estimate of drug-likeness (QED) is 0.877. The predicted octanol–water partition coefficient (Wildman–Crippen LogP) is 3.17. The molecule has 2 rings (SSSR count). The number of nitrogens with two attached hydrogens (primary N) is 1. The molecule has 2 N–H and O–H groups in total. The minimum atomic E-state index is -4.66. The highest BCUT2D eigenvalue weighted by Crippen LogP contribution is 2.39. The minimum Gasteiger partial charge on any atom is -0.406 e. The molecule has 21 heavy (non-hydrogen) atoms. The summed E-state index contributed by atoms with van der Waals surface area (Å²) in [7, 11) is 2.00. The number of hydrogen-bond donors (Lipinski definition) is 1. The van der Waals surface area contributed by atoms with E-state index in [1.165, 1.54) is 18.6 Å². The molecule has 118 valence electrons. The van der Waals surface area contributed by atoms with Crippen LogP contribution >= 0.6 is 0 Å². The average molecular weight is 302 g/mol. The summed E-state index contributed by atoms with van der Waals surface area (Å²) in [6.45, 7) is 3.61. The standard InChI is InChI=1S/C15H21F3N2O/c1-10-7-12(10)9-20(2)14(8-19)11-3-5-13(6-4-11)21-15(16,17)18/h3-6,10,12,14H,7-9,19H2,1-2H3. The van der Waals surface area contributed by atoms with Crippen LogP contribution in [0.3, 0.4) is 0 Å². The van der Waals surface area contributed by atoms with Crippen molar-refractivity contribution in [2.75, 3.05) is 20.1 Å². The van der Waals surface area contributed by atoms with Gasteiger partial charge in [-0.1, -0.05) is 19.1 Å². The van der Waals surface area contributed by atoms with E-state index in [4.69, 9.17) is 5.73 Å². The Morgan fingerprint density at radius 1 is 1.33 bits per heavy atom. The van der Waals surface area contributed by atoms with Gasteiger partial charge in [0.2, 0.25) is 0 Å². The Labute approximate surface area is 122 Å². The Kier molecular flexibility index (Phi) is 4.78. The van der Waals surface area contributed by atoms with E-state index in [0.717, 1.165) is 18.0 Å². The third kappa shape index (κ3) is 4.61. The maximum Gasteiger partial charge on any atom is 0.573 e. The van der Waals surface area contributed by atoms with Gasteiger partial charge in [0.25, 0.3) is 0 Å². The second-order valence-corrected chi connectivity index (χ2v) is 5.78. The molecule has 1 fully saturated rings. The Hall–Kier alpha value is -1.27. The van der Waals surface area contributed by atoms with Crippen molar-refractivity contribution < 1.29 is 17.9 Å². The molecule has 3 nitrogen and oxygen atoms in total. The van der Waals surface area contributed by atoms with Crippen LogP contribution in [-0.2, 0) is 0 Å². The van der Waals surface area contributed by atoms with Gasteiger partial charge in [-0.25, -0.2) is 0 Å². The van der Waals surface area contributed by atoms with E-state index in [-0.39, 0.29) is 11.8 Å². The zero-order valence-electron chi connectivity index (χ0n) is 12.2. The van der Waals surface area contributed by atoms with Gasteiger partial charge >= 0.3 is 6.36 Å². The Morgan fingerprint density at radius 3 is 2.33 bits per heavy atom. The highest BCUT2D eigenvalue weighted by molar-refractivity contribution is 5.29. The summed E-state index contributed by atoms with van der Waals surface area (Å²) >= 11 is 0. The van der Waals surface area contributed by atoms with Gasteiger partial charge in [-0.15, -0.1) is 13.2 Å². The second kappa shape index (κ2) is 6.23. The molecule has 0 amide bonds. The molecule has 6 heteroatoms. The summed E-state index contributed by atoms with van der Waals surface area (Å²) in [6, 6.07) is 5.97. The number of rotatable bonds is 6. The van der Waals surface area contributed by atoms with Crippen LogP contribution in [0.1, 0.15) is 24.9 Å². The summed E-state index contributed by atoms with van der Waals surface area (Å²) < 4.78 is 40.3. The van der Waals surface area contributed by atoms with Crippen LogP contribution < -0.4 is 10.5 Å². The summed E-state index contributed by atoms with van der Waals surface area (Å²) in [4.78, 5) is 2.17. The molecule has 1 aliphatic carbocycles. The summed E-state index contributed by atoms with van der Waals surface area (Å²) in [5, 5.41) is 0. The van der Waals surface area contributed by atoms with Crippen LogP contribution in [0.25, 0.3) is 0 Å². The molecule has 0 aliphatic heterocycles. The molecule has 3 atom stereocenters. The first-order valence-electron chi connectivity index (χ1n) is 7.06. The molecule has 0 radical (unpaired) electrons. The van der Waals surface area contributed by atoms with E-state index in [1.54, 1.807) is 12.1 Å². The van der Waals surface area contributed by atoms with Crippen LogP contribution in [0.4, 0.5) is 13.2 Å². The smallest absolute Gasteiger partial charge is 0.406 e. The van der Waals surface area contributed by atoms with Crippen molar-refractivity contribution in [2.24, 2.45) is 17.6 Å². The molecule has 1 aromatic rings. The number of ether oxygens (including phenoxy) is 1. The fourth-order valence-electron chi connectivity index (χ4n) is 2.61. The molecular formula is C15H21F3N2O. The van der Waals surface area contributed by atoms with E-state index in [9.17, 15) is 13.2 Å². The van der Waals surface area contributed by atoms with Crippen molar-refractivity contribution in [2.45, 2.75) is 25.7 Å². The van der Waals surface area contributed by atoms with Gasteiger partial charge in [0.05, 0.1) is 0 Å². The van der Waals surface area contributed by atoms with Gasteiger partial charge in [-0.2, -0.15) is 0 Å². The van der Waals surface area contributed by atoms with Gasteiger partial charge in [0.1, 0.15) is 5.75 Å². The number of likely N-dealkylation sites (N-methyl/N-ethyl adjacent to an activating group) is 1. The van der Waals surface area contributed by atoms with Gasteiger partial charge in [0, 0.05) is 19.1 Å². The van der Waals surface area contributed by atoms with Crippen molar-refractivity contribution in [1.82, 2.24) is 4.90 Å². The van der Waals surface area contributed by atoms with E-state index < -0.39 is 6.36 Å². The molecule has 0 aromatic heterocycles. The van der Waals surface area contributed by atoms with Crippen molar-refractivity contribution in [3.63, 3.8) is 0 Å². The zero-order valence-corrected chi connectivity index (χ0v) is 12.2. The fraction of sp³-hybridized carbons (Fsp3) is 0.600. The van der Waals surface area contributed by atoms with E-state index in [0.29, 0.717) is 12.5 Å². The number of benzene rings is 1. The predicted molar refractivity (Wildman–Crippen MR) is 74.8 cm³/mol. The fourth-order valence-corrected chi connectivity index (χ4v) is 2.61. The van der Waals surface area contributed by atoms with E-state index in [1.807, 2.05) is 7.05 Å². The first-order chi connectivity index (χ1) is 9.80. The lowest BCUT2D eigenvalue weighted by Gasteiger charge is -2.27. The van der Waals surface area contributed by atoms with Crippen LogP contribution in [0.2, 0.25) is 0 Å². The zero-order chi connectivity index (χ0) is 15.6. The first kappa shape index (κ1) is 16.1. The molecule has 3 unspecified atom stereocenters. The third-order valence-corrected chi connectivity index (χ3v) is 4.05. The number of hydrogen-bond acceptors (Lipinski definition) is 3. The molecule has 1 saturated carbocycles. The highest BCUT2D eigenvalue weighted by atomic mass is 19.4. The van der Waals surface area contributed by atoms with Crippen molar-refractivity contribution in [3.8, 4) is 5.75 Å². The molecule has 0 heterocycles. The molecule has 0 bridgehead atoms. The van der Waals surface area contributed by atoms with Crippen LogP contribution in [0, 0.1) is 11.8 Å². The normalized spacial score (nSPS) is 23.2. The van der Waals surface area contributed by atoms with Crippen LogP contribution in [-0.4, -0.2) is 31.4 Å². The molecule has 1 aromatic carbocycles. The molecule has 0 spiro atoms. The molecular weight excluding hydrogens is 281 g/mol. The van der Waals surface area contributed by atoms with Gasteiger partial charge in [-0.3, -0.25) is 4.90 Å². The maximum absolute atomic E-state index is 12.1. The topological polar surface area (TPSA) is 38.5 Å². The Balaban J connectivity index is 2.00. The Morgan fingerprint density at radius 2 is 1.90 bits per heavy atom. The van der Waals surface area contributed by atoms with Crippen LogP contribution in [0.15, 0.2) is 24.3 Å². The summed E-state index contributed by atoms with van der Waals surface area (Å²) in [5.74, 6) is 1.26.